The van der Waals surface area contributed by atoms with Crippen LogP contribution in [0.1, 0.15) is 18.9 Å². The summed E-state index contributed by atoms with van der Waals surface area (Å²) in [6.07, 6.45) is 0.998. The fourth-order valence-corrected chi connectivity index (χ4v) is 1.57. The predicted octanol–water partition coefficient (Wildman–Crippen LogP) is 1.77. The molecule has 0 aromatic heterocycles. The molecule has 0 aliphatic heterocycles. The molecule has 16 heavy (non-hydrogen) atoms. The van der Waals surface area contributed by atoms with E-state index >= 15 is 0 Å². The molecule has 0 unspecified atom stereocenters. The third kappa shape index (κ3) is 4.21. The first-order chi connectivity index (χ1) is 7.63. The summed E-state index contributed by atoms with van der Waals surface area (Å²) < 4.78 is 0. The lowest BCUT2D eigenvalue weighted by Crippen LogP contribution is -2.35. The van der Waals surface area contributed by atoms with Gasteiger partial charge in [0.1, 0.15) is 0 Å². The topological polar surface area (TPSA) is 49.3 Å². The zero-order valence-corrected chi connectivity index (χ0v) is 10.00. The molecule has 0 heterocycles. The number of benzene rings is 1. The highest BCUT2D eigenvalue weighted by Gasteiger charge is 2.07. The average Bonchev–Trinajstić information content (AvgIpc) is 2.28. The number of aliphatic hydroxyl groups is 1. The minimum Gasteiger partial charge on any atom is -0.394 e. The standard InChI is InChI=1S/C12H16ClNO2/c1-9(8-15)14-12(16)7-6-10-4-2-3-5-11(10)13/h2-5,9,15H,6-8H2,1H3,(H,14,16)/t9-/m0/s1. The molecule has 2 N–H and O–H groups in total. The number of hydrogen-bond acceptors (Lipinski definition) is 2. The van der Waals surface area contributed by atoms with Crippen molar-refractivity contribution in [3.05, 3.63) is 34.9 Å². The van der Waals surface area contributed by atoms with E-state index in [4.69, 9.17) is 16.7 Å². The van der Waals surface area contributed by atoms with Crippen molar-refractivity contribution in [2.45, 2.75) is 25.8 Å². The Morgan fingerprint density at radius 1 is 1.50 bits per heavy atom. The van der Waals surface area contributed by atoms with E-state index in [0.717, 1.165) is 5.56 Å². The number of amides is 1. The lowest BCUT2D eigenvalue weighted by molar-refractivity contribution is -0.121. The molecule has 0 aliphatic carbocycles. The molecule has 0 bridgehead atoms. The number of rotatable bonds is 5. The van der Waals surface area contributed by atoms with Gasteiger partial charge in [-0.25, -0.2) is 0 Å². The smallest absolute Gasteiger partial charge is 0.220 e. The van der Waals surface area contributed by atoms with Gasteiger partial charge in [0, 0.05) is 17.5 Å². The van der Waals surface area contributed by atoms with Crippen LogP contribution in [0.3, 0.4) is 0 Å². The van der Waals surface area contributed by atoms with E-state index in [1.54, 1.807) is 6.92 Å². The first-order valence-corrected chi connectivity index (χ1v) is 5.65. The van der Waals surface area contributed by atoms with E-state index < -0.39 is 0 Å². The van der Waals surface area contributed by atoms with Crippen LogP contribution in [0.5, 0.6) is 0 Å². The van der Waals surface area contributed by atoms with Crippen LogP contribution in [-0.4, -0.2) is 23.7 Å². The third-order valence-electron chi connectivity index (χ3n) is 2.26. The number of aryl methyl sites for hydroxylation is 1. The average molecular weight is 242 g/mol. The van der Waals surface area contributed by atoms with Crippen molar-refractivity contribution in [1.29, 1.82) is 0 Å². The van der Waals surface area contributed by atoms with Crippen LogP contribution in [-0.2, 0) is 11.2 Å². The van der Waals surface area contributed by atoms with E-state index in [9.17, 15) is 4.79 Å². The number of carbonyl (C=O) groups excluding carboxylic acids is 1. The molecule has 1 amide bonds. The van der Waals surface area contributed by atoms with Crippen molar-refractivity contribution in [3.63, 3.8) is 0 Å². The molecule has 1 rings (SSSR count). The second-order valence-corrected chi connectivity index (χ2v) is 4.15. The maximum atomic E-state index is 11.4. The molecule has 88 valence electrons. The Labute approximate surface area is 100 Å². The van der Waals surface area contributed by atoms with Gasteiger partial charge >= 0.3 is 0 Å². The van der Waals surface area contributed by atoms with Gasteiger partial charge in [-0.1, -0.05) is 29.8 Å². The van der Waals surface area contributed by atoms with Crippen LogP contribution in [0.4, 0.5) is 0 Å². The quantitative estimate of drug-likeness (QED) is 0.826. The number of carbonyl (C=O) groups is 1. The van der Waals surface area contributed by atoms with E-state index in [0.29, 0.717) is 17.9 Å². The lowest BCUT2D eigenvalue weighted by atomic mass is 10.1. The van der Waals surface area contributed by atoms with Crippen LogP contribution < -0.4 is 5.32 Å². The molecule has 0 saturated carbocycles. The third-order valence-corrected chi connectivity index (χ3v) is 2.63. The largest absolute Gasteiger partial charge is 0.394 e. The fourth-order valence-electron chi connectivity index (χ4n) is 1.34. The summed E-state index contributed by atoms with van der Waals surface area (Å²) in [6.45, 7) is 1.71. The van der Waals surface area contributed by atoms with Crippen molar-refractivity contribution in [2.75, 3.05) is 6.61 Å². The Morgan fingerprint density at radius 3 is 2.81 bits per heavy atom. The highest BCUT2D eigenvalue weighted by atomic mass is 35.5. The van der Waals surface area contributed by atoms with E-state index in [-0.39, 0.29) is 18.6 Å². The molecule has 0 spiro atoms. The predicted molar refractivity (Wildman–Crippen MR) is 64.5 cm³/mol. The van der Waals surface area contributed by atoms with E-state index in [2.05, 4.69) is 5.32 Å². The SMILES string of the molecule is C[C@@H](CO)NC(=O)CCc1ccccc1Cl. The van der Waals surface area contributed by atoms with Crippen molar-refractivity contribution >= 4 is 17.5 Å². The number of halogens is 1. The first kappa shape index (κ1) is 13.0. The Morgan fingerprint density at radius 2 is 2.19 bits per heavy atom. The highest BCUT2D eigenvalue weighted by Crippen LogP contribution is 2.16. The zero-order chi connectivity index (χ0) is 12.0. The van der Waals surface area contributed by atoms with Crippen LogP contribution >= 0.6 is 11.6 Å². The molecular formula is C12H16ClNO2. The van der Waals surface area contributed by atoms with Crippen molar-refractivity contribution in [1.82, 2.24) is 5.32 Å². The Balaban J connectivity index is 2.40. The Bertz CT molecular complexity index is 355. The molecule has 1 atom stereocenters. The van der Waals surface area contributed by atoms with Gasteiger partial charge in [-0.2, -0.15) is 0 Å². The fraction of sp³-hybridized carbons (Fsp3) is 0.417. The molecule has 4 heteroatoms. The lowest BCUT2D eigenvalue weighted by Gasteiger charge is -2.10. The minimum atomic E-state index is -0.196. The van der Waals surface area contributed by atoms with E-state index in [1.165, 1.54) is 0 Å². The summed E-state index contributed by atoms with van der Waals surface area (Å²) in [5.41, 5.74) is 0.968. The Hall–Kier alpha value is -1.06. The van der Waals surface area contributed by atoms with Gasteiger partial charge < -0.3 is 10.4 Å². The minimum absolute atomic E-state index is 0.0438. The van der Waals surface area contributed by atoms with Gasteiger partial charge in [-0.3, -0.25) is 4.79 Å². The number of nitrogens with one attached hydrogen (secondary N) is 1. The summed E-state index contributed by atoms with van der Waals surface area (Å²) in [6, 6.07) is 7.28. The highest BCUT2D eigenvalue weighted by molar-refractivity contribution is 6.31. The summed E-state index contributed by atoms with van der Waals surface area (Å²) in [7, 11) is 0. The zero-order valence-electron chi connectivity index (χ0n) is 9.24. The summed E-state index contributed by atoms with van der Waals surface area (Å²) in [4.78, 5) is 11.4. The summed E-state index contributed by atoms with van der Waals surface area (Å²) in [5.74, 6) is -0.0681. The normalized spacial score (nSPS) is 12.2. The maximum absolute atomic E-state index is 11.4. The second-order valence-electron chi connectivity index (χ2n) is 3.74. The molecular weight excluding hydrogens is 226 g/mol. The van der Waals surface area contributed by atoms with Crippen molar-refractivity contribution in [2.24, 2.45) is 0 Å². The number of hydrogen-bond donors (Lipinski definition) is 2. The monoisotopic (exact) mass is 241 g/mol. The molecule has 0 aliphatic rings. The van der Waals surface area contributed by atoms with Gasteiger partial charge in [0.15, 0.2) is 0 Å². The molecule has 1 aromatic rings. The van der Waals surface area contributed by atoms with E-state index in [1.807, 2.05) is 24.3 Å². The van der Waals surface area contributed by atoms with Crippen LogP contribution in [0, 0.1) is 0 Å². The van der Waals surface area contributed by atoms with Gasteiger partial charge in [-0.05, 0) is 25.0 Å². The first-order valence-electron chi connectivity index (χ1n) is 5.27. The van der Waals surface area contributed by atoms with Gasteiger partial charge in [-0.15, -0.1) is 0 Å². The van der Waals surface area contributed by atoms with Gasteiger partial charge in [0.2, 0.25) is 5.91 Å². The van der Waals surface area contributed by atoms with Crippen molar-refractivity contribution in [3.8, 4) is 0 Å². The second kappa shape index (κ2) is 6.51. The molecule has 1 aromatic carbocycles. The molecule has 0 radical (unpaired) electrons. The summed E-state index contributed by atoms with van der Waals surface area (Å²) in [5, 5.41) is 12.2. The van der Waals surface area contributed by atoms with Crippen molar-refractivity contribution < 1.29 is 9.90 Å². The van der Waals surface area contributed by atoms with Crippen LogP contribution in [0.2, 0.25) is 5.02 Å². The molecule has 0 saturated heterocycles. The number of aliphatic hydroxyl groups excluding tert-OH is 1. The van der Waals surface area contributed by atoms with Crippen LogP contribution in [0.25, 0.3) is 0 Å². The van der Waals surface area contributed by atoms with Gasteiger partial charge in [0.05, 0.1) is 6.61 Å². The maximum Gasteiger partial charge on any atom is 0.220 e. The van der Waals surface area contributed by atoms with Gasteiger partial charge in [0.25, 0.3) is 0 Å². The molecule has 0 fully saturated rings. The molecule has 3 nitrogen and oxygen atoms in total. The Kier molecular flexibility index (Phi) is 5.29. The van der Waals surface area contributed by atoms with Crippen LogP contribution in [0.15, 0.2) is 24.3 Å². The summed E-state index contributed by atoms with van der Waals surface area (Å²) >= 11 is 5.97.